The number of carbonyl (C=O) groups is 1. The number of furan rings is 1. The maximum Gasteiger partial charge on any atom is 0.228 e. The van der Waals surface area contributed by atoms with Gasteiger partial charge < -0.3 is 9.15 Å². The van der Waals surface area contributed by atoms with E-state index in [1.54, 1.807) is 19.2 Å². The fourth-order valence-electron chi connectivity index (χ4n) is 2.22. The first-order chi connectivity index (χ1) is 10.2. The molecule has 0 spiro atoms. The van der Waals surface area contributed by atoms with E-state index in [1.165, 1.54) is 0 Å². The lowest BCUT2D eigenvalue weighted by Crippen LogP contribution is -1.99. The molecule has 3 rings (SSSR count). The number of carbonyl (C=O) groups excluding carboxylic acids is 1. The molecule has 106 valence electrons. The van der Waals surface area contributed by atoms with Gasteiger partial charge in [-0.3, -0.25) is 4.79 Å². The van der Waals surface area contributed by atoms with Crippen molar-refractivity contribution in [3.63, 3.8) is 0 Å². The van der Waals surface area contributed by atoms with E-state index in [0.717, 1.165) is 15.2 Å². The van der Waals surface area contributed by atoms with Crippen LogP contribution in [0.15, 0.2) is 57.4 Å². The summed E-state index contributed by atoms with van der Waals surface area (Å²) in [6.45, 7) is 0.360. The third-order valence-corrected chi connectivity index (χ3v) is 3.73. The number of hydrogen-bond donors (Lipinski definition) is 0. The largest absolute Gasteiger partial charge is 0.455 e. The molecule has 0 aliphatic heterocycles. The summed E-state index contributed by atoms with van der Waals surface area (Å²) >= 11 is 3.44. The fraction of sp³-hybridized carbons (Fsp3) is 0.118. The number of methoxy groups -OCH3 is 1. The van der Waals surface area contributed by atoms with Crippen LogP contribution < -0.4 is 0 Å². The van der Waals surface area contributed by atoms with Crippen molar-refractivity contribution < 1.29 is 13.9 Å². The highest BCUT2D eigenvalue weighted by Crippen LogP contribution is 2.22. The zero-order valence-corrected chi connectivity index (χ0v) is 13.0. The number of fused-ring (bicyclic) bond motifs is 1. The van der Waals surface area contributed by atoms with Gasteiger partial charge in [-0.2, -0.15) is 0 Å². The van der Waals surface area contributed by atoms with Gasteiger partial charge >= 0.3 is 0 Å². The molecule has 0 amide bonds. The summed E-state index contributed by atoms with van der Waals surface area (Å²) in [5.74, 6) is 0.853. The van der Waals surface area contributed by atoms with Crippen molar-refractivity contribution in [2.45, 2.75) is 6.61 Å². The zero-order valence-electron chi connectivity index (χ0n) is 11.4. The molecule has 3 aromatic rings. The lowest BCUT2D eigenvalue weighted by Gasteiger charge is -2.02. The Balaban J connectivity index is 1.95. The first-order valence-electron chi connectivity index (χ1n) is 6.49. The summed E-state index contributed by atoms with van der Waals surface area (Å²) in [7, 11) is 1.59. The maximum atomic E-state index is 12.4. The van der Waals surface area contributed by atoms with Crippen LogP contribution in [0.5, 0.6) is 0 Å². The fourth-order valence-corrected chi connectivity index (χ4v) is 2.60. The van der Waals surface area contributed by atoms with Crippen LogP contribution in [-0.4, -0.2) is 12.9 Å². The standard InChI is InChI=1S/C17H13BrO3/c1-20-10-15-6-7-16(21-15)17(19)13-3-2-12-9-14(18)5-4-11(12)8-13/h2-9H,10H2,1H3. The normalized spacial score (nSPS) is 11.0. The molecule has 0 saturated heterocycles. The molecular formula is C17H13BrO3. The van der Waals surface area contributed by atoms with Crippen molar-refractivity contribution >= 4 is 32.5 Å². The highest BCUT2D eigenvalue weighted by molar-refractivity contribution is 9.10. The SMILES string of the molecule is COCc1ccc(C(=O)c2ccc3cc(Br)ccc3c2)o1. The Hall–Kier alpha value is -1.91. The summed E-state index contributed by atoms with van der Waals surface area (Å²) in [5.41, 5.74) is 0.614. The predicted octanol–water partition coefficient (Wildman–Crippen LogP) is 4.57. The molecular weight excluding hydrogens is 332 g/mol. The molecule has 0 saturated carbocycles. The molecule has 0 atom stereocenters. The van der Waals surface area contributed by atoms with Gasteiger partial charge in [0.2, 0.25) is 5.78 Å². The Morgan fingerprint density at radius 2 is 1.86 bits per heavy atom. The quantitative estimate of drug-likeness (QED) is 0.650. The molecule has 4 heteroatoms. The number of ketones is 1. The van der Waals surface area contributed by atoms with Crippen molar-refractivity contribution in [3.8, 4) is 0 Å². The maximum absolute atomic E-state index is 12.4. The van der Waals surface area contributed by atoms with Crippen molar-refractivity contribution in [3.05, 3.63) is 70.1 Å². The highest BCUT2D eigenvalue weighted by atomic mass is 79.9. The second-order valence-corrected chi connectivity index (χ2v) is 5.65. The minimum Gasteiger partial charge on any atom is -0.455 e. The third-order valence-electron chi connectivity index (χ3n) is 3.24. The van der Waals surface area contributed by atoms with Crippen LogP contribution in [-0.2, 0) is 11.3 Å². The number of hydrogen-bond acceptors (Lipinski definition) is 3. The van der Waals surface area contributed by atoms with Gasteiger partial charge in [0.25, 0.3) is 0 Å². The summed E-state index contributed by atoms with van der Waals surface area (Å²) < 4.78 is 11.5. The Bertz CT molecular complexity index is 805. The molecule has 0 bridgehead atoms. The van der Waals surface area contributed by atoms with Crippen molar-refractivity contribution in [2.75, 3.05) is 7.11 Å². The van der Waals surface area contributed by atoms with Gasteiger partial charge in [0, 0.05) is 17.1 Å². The summed E-state index contributed by atoms with van der Waals surface area (Å²) in [6.07, 6.45) is 0. The Morgan fingerprint density at radius 3 is 2.67 bits per heavy atom. The van der Waals surface area contributed by atoms with E-state index in [1.807, 2.05) is 36.4 Å². The Morgan fingerprint density at radius 1 is 1.10 bits per heavy atom. The highest BCUT2D eigenvalue weighted by Gasteiger charge is 2.14. The molecule has 21 heavy (non-hydrogen) atoms. The van der Waals surface area contributed by atoms with E-state index in [4.69, 9.17) is 9.15 Å². The second kappa shape index (κ2) is 5.84. The summed E-state index contributed by atoms with van der Waals surface area (Å²) in [4.78, 5) is 12.4. The van der Waals surface area contributed by atoms with Crippen LogP contribution in [0.1, 0.15) is 21.9 Å². The second-order valence-electron chi connectivity index (χ2n) is 4.73. The monoisotopic (exact) mass is 344 g/mol. The van der Waals surface area contributed by atoms with E-state index >= 15 is 0 Å². The molecule has 1 heterocycles. The first-order valence-corrected chi connectivity index (χ1v) is 7.28. The Labute approximate surface area is 130 Å². The Kier molecular flexibility index (Phi) is 3.90. The molecule has 2 aromatic carbocycles. The summed E-state index contributed by atoms with van der Waals surface area (Å²) in [6, 6.07) is 15.0. The van der Waals surface area contributed by atoms with Crippen LogP contribution in [0.25, 0.3) is 10.8 Å². The van der Waals surface area contributed by atoms with E-state index < -0.39 is 0 Å². The minimum absolute atomic E-state index is 0.123. The van der Waals surface area contributed by atoms with Crippen molar-refractivity contribution in [1.82, 2.24) is 0 Å². The van der Waals surface area contributed by atoms with Crippen LogP contribution >= 0.6 is 15.9 Å². The first kappa shape index (κ1) is 14.0. The van der Waals surface area contributed by atoms with Gasteiger partial charge in [-0.1, -0.05) is 34.1 Å². The molecule has 0 fully saturated rings. The van der Waals surface area contributed by atoms with E-state index in [9.17, 15) is 4.79 Å². The smallest absolute Gasteiger partial charge is 0.228 e. The van der Waals surface area contributed by atoms with Crippen molar-refractivity contribution in [2.24, 2.45) is 0 Å². The molecule has 1 aromatic heterocycles. The van der Waals surface area contributed by atoms with Crippen LogP contribution in [0.2, 0.25) is 0 Å². The van der Waals surface area contributed by atoms with Crippen LogP contribution in [0.3, 0.4) is 0 Å². The van der Waals surface area contributed by atoms with E-state index in [-0.39, 0.29) is 5.78 Å². The number of ether oxygens (including phenoxy) is 1. The topological polar surface area (TPSA) is 39.4 Å². The molecule has 0 radical (unpaired) electrons. The van der Waals surface area contributed by atoms with E-state index in [0.29, 0.717) is 23.7 Å². The molecule has 3 nitrogen and oxygen atoms in total. The van der Waals surface area contributed by atoms with Crippen LogP contribution in [0.4, 0.5) is 0 Å². The molecule has 0 aliphatic carbocycles. The average molecular weight is 345 g/mol. The van der Waals surface area contributed by atoms with Crippen molar-refractivity contribution in [1.29, 1.82) is 0 Å². The van der Waals surface area contributed by atoms with Gasteiger partial charge in [-0.15, -0.1) is 0 Å². The molecule has 0 aliphatic rings. The van der Waals surface area contributed by atoms with Gasteiger partial charge in [-0.25, -0.2) is 0 Å². The molecule has 0 N–H and O–H groups in total. The zero-order chi connectivity index (χ0) is 14.8. The number of rotatable bonds is 4. The number of halogens is 1. The van der Waals surface area contributed by atoms with E-state index in [2.05, 4.69) is 15.9 Å². The lowest BCUT2D eigenvalue weighted by molar-refractivity contribution is 0.1000. The van der Waals surface area contributed by atoms with Crippen LogP contribution in [0, 0.1) is 0 Å². The minimum atomic E-state index is -0.123. The lowest BCUT2D eigenvalue weighted by atomic mass is 10.0. The van der Waals surface area contributed by atoms with Gasteiger partial charge in [0.05, 0.1) is 0 Å². The third kappa shape index (κ3) is 2.91. The predicted molar refractivity (Wildman–Crippen MR) is 84.5 cm³/mol. The van der Waals surface area contributed by atoms with Gasteiger partial charge in [0.15, 0.2) is 5.76 Å². The molecule has 0 unspecified atom stereocenters. The van der Waals surface area contributed by atoms with Gasteiger partial charge in [0.1, 0.15) is 12.4 Å². The average Bonchev–Trinajstić information content (AvgIpc) is 2.95. The van der Waals surface area contributed by atoms with Gasteiger partial charge in [-0.05, 0) is 41.1 Å². The number of benzene rings is 2. The summed E-state index contributed by atoms with van der Waals surface area (Å²) in [5, 5.41) is 2.10.